The summed E-state index contributed by atoms with van der Waals surface area (Å²) in [5.74, 6) is 0.229. The van der Waals surface area contributed by atoms with Crippen LogP contribution in [0.2, 0.25) is 0 Å². The predicted molar refractivity (Wildman–Crippen MR) is 90.3 cm³/mol. The van der Waals surface area contributed by atoms with Gasteiger partial charge < -0.3 is 5.11 Å². The zero-order chi connectivity index (χ0) is 15.8. The summed E-state index contributed by atoms with van der Waals surface area (Å²) in [6.45, 7) is 2.06. The van der Waals surface area contributed by atoms with Crippen LogP contribution in [0.3, 0.4) is 0 Å². The van der Waals surface area contributed by atoms with Crippen LogP contribution in [0.1, 0.15) is 5.56 Å². The maximum absolute atomic E-state index is 10.1. The quantitative estimate of drug-likeness (QED) is 0.607. The summed E-state index contributed by atoms with van der Waals surface area (Å²) < 4.78 is 1.77. The summed E-state index contributed by atoms with van der Waals surface area (Å²) in [5.41, 5.74) is 5.42. The number of phenols is 1. The van der Waals surface area contributed by atoms with Gasteiger partial charge in [0.15, 0.2) is 5.65 Å². The molecule has 2 aromatic heterocycles. The van der Waals surface area contributed by atoms with Crippen molar-refractivity contribution in [3.63, 3.8) is 0 Å². The van der Waals surface area contributed by atoms with Gasteiger partial charge in [-0.3, -0.25) is 0 Å². The van der Waals surface area contributed by atoms with Crippen LogP contribution in [0.15, 0.2) is 66.9 Å². The highest BCUT2D eigenvalue weighted by Gasteiger charge is 2.11. The van der Waals surface area contributed by atoms with E-state index in [0.29, 0.717) is 0 Å². The second-order valence-electron chi connectivity index (χ2n) is 5.51. The van der Waals surface area contributed by atoms with Crippen molar-refractivity contribution in [3.8, 4) is 28.3 Å². The third kappa shape index (κ3) is 2.34. The smallest absolute Gasteiger partial charge is 0.156 e. The van der Waals surface area contributed by atoms with Crippen molar-refractivity contribution < 1.29 is 5.11 Å². The lowest BCUT2D eigenvalue weighted by atomic mass is 10.1. The minimum Gasteiger partial charge on any atom is -0.507 e. The fourth-order valence-electron chi connectivity index (χ4n) is 2.65. The van der Waals surface area contributed by atoms with Gasteiger partial charge in [0.1, 0.15) is 5.75 Å². The third-order valence-electron chi connectivity index (χ3n) is 3.89. The first kappa shape index (κ1) is 13.5. The SMILES string of the molecule is Cc1ccc(-c2cc3nccc(-c4ccccc4O)n3n2)cc1. The van der Waals surface area contributed by atoms with Crippen LogP contribution in [-0.2, 0) is 0 Å². The molecule has 0 amide bonds. The van der Waals surface area contributed by atoms with Crippen LogP contribution in [0.25, 0.3) is 28.2 Å². The molecule has 0 fully saturated rings. The number of hydrogen-bond donors (Lipinski definition) is 1. The van der Waals surface area contributed by atoms with E-state index in [4.69, 9.17) is 0 Å². The van der Waals surface area contributed by atoms with Crippen molar-refractivity contribution in [2.75, 3.05) is 0 Å². The molecule has 0 saturated carbocycles. The van der Waals surface area contributed by atoms with Crippen molar-refractivity contribution in [2.24, 2.45) is 0 Å². The molecule has 0 aliphatic rings. The molecule has 2 heterocycles. The zero-order valence-electron chi connectivity index (χ0n) is 12.6. The fraction of sp³-hybridized carbons (Fsp3) is 0.0526. The number of aromatic nitrogens is 3. The molecule has 1 N–H and O–H groups in total. The van der Waals surface area contributed by atoms with Gasteiger partial charge in [0, 0.05) is 23.4 Å². The zero-order valence-corrected chi connectivity index (χ0v) is 12.6. The van der Waals surface area contributed by atoms with Gasteiger partial charge in [0.25, 0.3) is 0 Å². The molecular weight excluding hydrogens is 286 g/mol. The van der Waals surface area contributed by atoms with Gasteiger partial charge in [-0.05, 0) is 25.1 Å². The lowest BCUT2D eigenvalue weighted by Crippen LogP contribution is -1.95. The summed E-state index contributed by atoms with van der Waals surface area (Å²) in [4.78, 5) is 4.38. The Balaban J connectivity index is 1.91. The molecule has 4 rings (SSSR count). The summed E-state index contributed by atoms with van der Waals surface area (Å²) in [7, 11) is 0. The Morgan fingerprint density at radius 3 is 2.52 bits per heavy atom. The number of fused-ring (bicyclic) bond motifs is 1. The van der Waals surface area contributed by atoms with Gasteiger partial charge in [-0.15, -0.1) is 0 Å². The number of aryl methyl sites for hydroxylation is 1. The fourth-order valence-corrected chi connectivity index (χ4v) is 2.65. The number of rotatable bonds is 2. The summed E-state index contributed by atoms with van der Waals surface area (Å²) >= 11 is 0. The second kappa shape index (κ2) is 5.25. The van der Waals surface area contributed by atoms with Crippen molar-refractivity contribution in [1.82, 2.24) is 14.6 Å². The minimum absolute atomic E-state index is 0.229. The van der Waals surface area contributed by atoms with Crippen LogP contribution in [0.5, 0.6) is 5.75 Å². The molecule has 0 atom stereocenters. The van der Waals surface area contributed by atoms with E-state index >= 15 is 0 Å². The molecule has 0 spiro atoms. The van der Waals surface area contributed by atoms with E-state index in [1.807, 2.05) is 24.3 Å². The number of hydrogen-bond acceptors (Lipinski definition) is 3. The molecule has 4 aromatic rings. The highest BCUT2D eigenvalue weighted by molar-refractivity contribution is 5.71. The van der Waals surface area contributed by atoms with Crippen molar-refractivity contribution in [2.45, 2.75) is 6.92 Å². The summed E-state index contributed by atoms with van der Waals surface area (Å²) in [5, 5.41) is 14.8. The number of nitrogens with zero attached hydrogens (tertiary/aromatic N) is 3. The molecule has 2 aromatic carbocycles. The predicted octanol–water partition coefficient (Wildman–Crippen LogP) is 4.08. The third-order valence-corrected chi connectivity index (χ3v) is 3.89. The van der Waals surface area contributed by atoms with Crippen molar-refractivity contribution >= 4 is 5.65 Å². The standard InChI is InChI=1S/C19H15N3O/c1-13-6-8-14(9-7-13)16-12-19-20-11-10-17(22(19)21-16)15-4-2-3-5-18(15)23/h2-12,23H,1H3. The van der Waals surface area contributed by atoms with E-state index in [1.165, 1.54) is 5.56 Å². The monoisotopic (exact) mass is 301 g/mol. The lowest BCUT2D eigenvalue weighted by Gasteiger charge is -2.06. The molecule has 0 saturated heterocycles. The van der Waals surface area contributed by atoms with Crippen molar-refractivity contribution in [3.05, 3.63) is 72.4 Å². The van der Waals surface area contributed by atoms with Crippen LogP contribution in [0.4, 0.5) is 0 Å². The Hall–Kier alpha value is -3.14. The van der Waals surface area contributed by atoms with Gasteiger partial charge in [-0.25, -0.2) is 9.50 Å². The van der Waals surface area contributed by atoms with Gasteiger partial charge in [0.05, 0.1) is 11.4 Å². The number of para-hydroxylation sites is 1. The Kier molecular flexibility index (Phi) is 3.08. The Morgan fingerprint density at radius 1 is 0.957 bits per heavy atom. The molecule has 0 aliphatic heterocycles. The first-order valence-corrected chi connectivity index (χ1v) is 7.42. The van der Waals surface area contributed by atoms with Gasteiger partial charge >= 0.3 is 0 Å². The van der Waals surface area contributed by atoms with E-state index < -0.39 is 0 Å². The second-order valence-corrected chi connectivity index (χ2v) is 5.51. The van der Waals surface area contributed by atoms with Gasteiger partial charge in [-0.1, -0.05) is 42.0 Å². The first-order valence-electron chi connectivity index (χ1n) is 7.42. The normalized spacial score (nSPS) is 11.0. The molecule has 4 nitrogen and oxygen atoms in total. The van der Waals surface area contributed by atoms with Gasteiger partial charge in [-0.2, -0.15) is 5.10 Å². The maximum Gasteiger partial charge on any atom is 0.156 e. The first-order chi connectivity index (χ1) is 11.2. The number of phenolic OH excluding ortho intramolecular Hbond substituents is 1. The van der Waals surface area contributed by atoms with Gasteiger partial charge in [0.2, 0.25) is 0 Å². The molecule has 0 unspecified atom stereocenters. The molecular formula is C19H15N3O. The summed E-state index contributed by atoms with van der Waals surface area (Å²) in [6.07, 6.45) is 1.73. The largest absolute Gasteiger partial charge is 0.507 e. The topological polar surface area (TPSA) is 50.4 Å². The average molecular weight is 301 g/mol. The van der Waals surface area contributed by atoms with E-state index in [1.54, 1.807) is 22.8 Å². The highest BCUT2D eigenvalue weighted by atomic mass is 16.3. The molecule has 23 heavy (non-hydrogen) atoms. The highest BCUT2D eigenvalue weighted by Crippen LogP contribution is 2.29. The van der Waals surface area contributed by atoms with Crippen molar-refractivity contribution in [1.29, 1.82) is 0 Å². The van der Waals surface area contributed by atoms with E-state index in [-0.39, 0.29) is 5.75 Å². The Bertz CT molecular complexity index is 987. The average Bonchev–Trinajstić information content (AvgIpc) is 3.00. The number of aromatic hydroxyl groups is 1. The van der Waals surface area contributed by atoms with Crippen LogP contribution >= 0.6 is 0 Å². The molecule has 4 heteroatoms. The van der Waals surface area contributed by atoms with Crippen LogP contribution < -0.4 is 0 Å². The van der Waals surface area contributed by atoms with Crippen LogP contribution in [0, 0.1) is 6.92 Å². The molecule has 0 bridgehead atoms. The minimum atomic E-state index is 0.229. The molecule has 0 radical (unpaired) electrons. The molecule has 112 valence electrons. The molecule has 0 aliphatic carbocycles. The maximum atomic E-state index is 10.1. The van der Waals surface area contributed by atoms with Crippen LogP contribution in [-0.4, -0.2) is 19.7 Å². The van der Waals surface area contributed by atoms with E-state index in [9.17, 15) is 5.11 Å². The lowest BCUT2D eigenvalue weighted by molar-refractivity contribution is 0.477. The Morgan fingerprint density at radius 2 is 1.74 bits per heavy atom. The summed E-state index contributed by atoms with van der Waals surface area (Å²) in [6, 6.07) is 19.3. The van der Waals surface area contributed by atoms with E-state index in [0.717, 1.165) is 28.2 Å². The Labute approximate surface area is 133 Å². The van der Waals surface area contributed by atoms with E-state index in [2.05, 4.69) is 41.3 Å². The number of benzene rings is 2.